The number of rotatable bonds is 8. The maximum atomic E-state index is 12.3. The summed E-state index contributed by atoms with van der Waals surface area (Å²) in [4.78, 5) is 25.0. The van der Waals surface area contributed by atoms with Gasteiger partial charge in [0.15, 0.2) is 0 Å². The quantitative estimate of drug-likeness (QED) is 0.400. The number of sulfonamides is 1. The lowest BCUT2D eigenvalue weighted by Gasteiger charge is -2.32. The molecule has 0 unspecified atom stereocenters. The molecule has 1 N–H and O–H groups in total. The number of nitro benzene ring substituents is 1. The number of hydrogen-bond donors (Lipinski definition) is 1. The molecular formula is C17H26N4O5S. The number of nitrogens with one attached hydrogen (secondary N) is 1. The summed E-state index contributed by atoms with van der Waals surface area (Å²) < 4.78 is 23.9. The van der Waals surface area contributed by atoms with Crippen LogP contribution in [0.5, 0.6) is 0 Å². The Bertz CT molecular complexity index is 775. The van der Waals surface area contributed by atoms with Crippen LogP contribution in [0.2, 0.25) is 0 Å². The van der Waals surface area contributed by atoms with Gasteiger partial charge < -0.3 is 10.2 Å². The van der Waals surface area contributed by atoms with Gasteiger partial charge in [0, 0.05) is 45.2 Å². The van der Waals surface area contributed by atoms with Crippen molar-refractivity contribution in [2.75, 3.05) is 44.4 Å². The van der Waals surface area contributed by atoms with Gasteiger partial charge in [0.25, 0.3) is 5.69 Å². The molecule has 1 aliphatic rings. The van der Waals surface area contributed by atoms with E-state index in [9.17, 15) is 23.3 Å². The molecule has 0 atom stereocenters. The highest BCUT2D eigenvalue weighted by atomic mass is 32.2. The molecule has 0 aliphatic carbocycles. The summed E-state index contributed by atoms with van der Waals surface area (Å²) in [7, 11) is -1.69. The van der Waals surface area contributed by atoms with Crippen LogP contribution in [0.4, 0.5) is 11.4 Å². The molecule has 10 heteroatoms. The number of nitro groups is 1. The summed E-state index contributed by atoms with van der Waals surface area (Å²) in [6.07, 6.45) is 2.95. The number of amides is 1. The Labute approximate surface area is 159 Å². The normalized spacial score (nSPS) is 15.7. The van der Waals surface area contributed by atoms with Gasteiger partial charge in [0.2, 0.25) is 15.9 Å². The Balaban J connectivity index is 1.79. The lowest BCUT2D eigenvalue weighted by atomic mass is 9.95. The van der Waals surface area contributed by atoms with Gasteiger partial charge in [0.05, 0.1) is 11.2 Å². The van der Waals surface area contributed by atoms with Crippen molar-refractivity contribution < 1.29 is 18.1 Å². The molecule has 0 bridgehead atoms. The zero-order valence-electron chi connectivity index (χ0n) is 15.6. The van der Waals surface area contributed by atoms with E-state index in [2.05, 4.69) is 5.32 Å². The van der Waals surface area contributed by atoms with E-state index in [1.165, 1.54) is 17.4 Å². The van der Waals surface area contributed by atoms with Crippen LogP contribution >= 0.6 is 0 Å². The zero-order valence-corrected chi connectivity index (χ0v) is 16.4. The first-order chi connectivity index (χ1) is 12.7. The van der Waals surface area contributed by atoms with Crippen LogP contribution in [0.25, 0.3) is 0 Å². The van der Waals surface area contributed by atoms with Gasteiger partial charge in [0.1, 0.15) is 5.69 Å². The van der Waals surface area contributed by atoms with Crippen LogP contribution in [-0.2, 0) is 14.8 Å². The van der Waals surface area contributed by atoms with Crippen LogP contribution in [0, 0.1) is 16.0 Å². The van der Waals surface area contributed by atoms with E-state index < -0.39 is 10.0 Å². The fraction of sp³-hybridized carbons (Fsp3) is 0.588. The smallest absolute Gasteiger partial charge is 0.292 e. The Hall–Kier alpha value is -2.20. The monoisotopic (exact) mass is 398 g/mol. The molecule has 1 fully saturated rings. The van der Waals surface area contributed by atoms with Crippen LogP contribution in [0.1, 0.15) is 19.3 Å². The number of para-hydroxylation sites is 2. The number of carbonyl (C=O) groups excluding carboxylic acids is 1. The molecule has 0 radical (unpaired) electrons. The highest BCUT2D eigenvalue weighted by molar-refractivity contribution is 7.88. The van der Waals surface area contributed by atoms with Crippen LogP contribution in [-0.4, -0.2) is 63.0 Å². The van der Waals surface area contributed by atoms with Crippen LogP contribution < -0.4 is 10.2 Å². The highest BCUT2D eigenvalue weighted by Crippen LogP contribution is 2.31. The molecule has 0 aromatic heterocycles. The number of carbonyl (C=O) groups is 1. The molecule has 1 aromatic rings. The third kappa shape index (κ3) is 5.90. The van der Waals surface area contributed by atoms with Gasteiger partial charge >= 0.3 is 0 Å². The Morgan fingerprint density at radius 2 is 1.96 bits per heavy atom. The topological polar surface area (TPSA) is 113 Å². The van der Waals surface area contributed by atoms with Crippen molar-refractivity contribution >= 4 is 27.3 Å². The second-order valence-corrected chi connectivity index (χ2v) is 8.83. The molecule has 1 aliphatic heterocycles. The van der Waals surface area contributed by atoms with Crippen molar-refractivity contribution in [3.8, 4) is 0 Å². The Morgan fingerprint density at radius 1 is 1.33 bits per heavy atom. The van der Waals surface area contributed by atoms with Gasteiger partial charge in [-0.25, -0.2) is 12.7 Å². The summed E-state index contributed by atoms with van der Waals surface area (Å²) >= 11 is 0. The molecule has 150 valence electrons. The van der Waals surface area contributed by atoms with Crippen molar-refractivity contribution in [2.24, 2.45) is 5.92 Å². The van der Waals surface area contributed by atoms with Crippen molar-refractivity contribution in [1.29, 1.82) is 0 Å². The number of benzene rings is 1. The predicted octanol–water partition coefficient (Wildman–Crippen LogP) is 1.21. The molecule has 1 saturated heterocycles. The van der Waals surface area contributed by atoms with Gasteiger partial charge in [-0.1, -0.05) is 12.1 Å². The maximum Gasteiger partial charge on any atom is 0.292 e. The Kier molecular flexibility index (Phi) is 7.14. The minimum Gasteiger partial charge on any atom is -0.366 e. The summed E-state index contributed by atoms with van der Waals surface area (Å²) in [5.41, 5.74) is 0.667. The number of nitrogens with zero attached hydrogens (tertiary/aromatic N) is 3. The predicted molar refractivity (Wildman–Crippen MR) is 103 cm³/mol. The van der Waals surface area contributed by atoms with E-state index in [1.807, 2.05) is 4.90 Å². The van der Waals surface area contributed by atoms with Crippen molar-refractivity contribution in [1.82, 2.24) is 9.62 Å². The minimum atomic E-state index is -3.20. The fourth-order valence-corrected chi connectivity index (χ4v) is 3.55. The second kappa shape index (κ2) is 9.14. The first kappa shape index (κ1) is 21.1. The lowest BCUT2D eigenvalue weighted by Crippen LogP contribution is -2.41. The van der Waals surface area contributed by atoms with Gasteiger partial charge in [-0.2, -0.15) is 0 Å². The Morgan fingerprint density at radius 3 is 2.56 bits per heavy atom. The summed E-state index contributed by atoms with van der Waals surface area (Å²) in [6.45, 7) is 1.94. The van der Waals surface area contributed by atoms with Gasteiger partial charge in [-0.15, -0.1) is 0 Å². The number of anilines is 1. The van der Waals surface area contributed by atoms with Gasteiger partial charge in [-0.3, -0.25) is 14.9 Å². The maximum absolute atomic E-state index is 12.3. The van der Waals surface area contributed by atoms with Crippen LogP contribution in [0.15, 0.2) is 24.3 Å². The molecule has 0 saturated carbocycles. The average Bonchev–Trinajstić information content (AvgIpc) is 2.64. The SMILES string of the molecule is CN(CCCNC(=O)C1CCN(c2ccccc2[N+](=O)[O-])CC1)S(C)(=O)=O. The van der Waals surface area contributed by atoms with Crippen molar-refractivity contribution in [2.45, 2.75) is 19.3 Å². The average molecular weight is 398 g/mol. The minimum absolute atomic E-state index is 0.0424. The lowest BCUT2D eigenvalue weighted by molar-refractivity contribution is -0.384. The molecule has 27 heavy (non-hydrogen) atoms. The third-order valence-corrected chi connectivity index (χ3v) is 6.11. The first-order valence-electron chi connectivity index (χ1n) is 8.87. The molecule has 0 spiro atoms. The molecule has 1 amide bonds. The summed E-state index contributed by atoms with van der Waals surface area (Å²) in [5, 5.41) is 14.0. The van der Waals surface area contributed by atoms with E-state index >= 15 is 0 Å². The largest absolute Gasteiger partial charge is 0.366 e. The molecule has 1 aromatic carbocycles. The molecule has 2 rings (SSSR count). The zero-order chi connectivity index (χ0) is 20.0. The molecular weight excluding hydrogens is 372 g/mol. The third-order valence-electron chi connectivity index (χ3n) is 4.80. The van der Waals surface area contributed by atoms with E-state index in [1.54, 1.807) is 18.2 Å². The second-order valence-electron chi connectivity index (χ2n) is 6.74. The van der Waals surface area contributed by atoms with E-state index in [4.69, 9.17) is 0 Å². The molecule has 9 nitrogen and oxygen atoms in total. The highest BCUT2D eigenvalue weighted by Gasteiger charge is 2.27. The standard InChI is InChI=1S/C17H26N4O5S/c1-19(27(2,25)26)11-5-10-18-17(22)14-8-12-20(13-9-14)15-6-3-4-7-16(15)21(23)24/h3-4,6-7,14H,5,8-13H2,1-2H3,(H,18,22). The first-order valence-corrected chi connectivity index (χ1v) is 10.7. The number of hydrogen-bond acceptors (Lipinski definition) is 6. The summed E-state index contributed by atoms with van der Waals surface area (Å²) in [6, 6.07) is 6.64. The van der Waals surface area contributed by atoms with E-state index in [-0.39, 0.29) is 22.4 Å². The van der Waals surface area contributed by atoms with Crippen molar-refractivity contribution in [3.63, 3.8) is 0 Å². The van der Waals surface area contributed by atoms with Crippen LogP contribution in [0.3, 0.4) is 0 Å². The number of piperidine rings is 1. The summed E-state index contributed by atoms with van der Waals surface area (Å²) in [5.74, 6) is -0.170. The molecule has 1 heterocycles. The van der Waals surface area contributed by atoms with E-state index in [0.717, 1.165) is 6.26 Å². The van der Waals surface area contributed by atoms with Gasteiger partial charge in [-0.05, 0) is 25.3 Å². The van der Waals surface area contributed by atoms with Crippen molar-refractivity contribution in [3.05, 3.63) is 34.4 Å². The van der Waals surface area contributed by atoms with E-state index in [0.29, 0.717) is 51.1 Å². The fourth-order valence-electron chi connectivity index (χ4n) is 3.09.